The number of halogens is 1. The second kappa shape index (κ2) is 11.1. The van der Waals surface area contributed by atoms with Gasteiger partial charge in [-0.25, -0.2) is 4.79 Å². The second-order valence-electron chi connectivity index (χ2n) is 8.03. The molecule has 7 nitrogen and oxygen atoms in total. The Kier molecular flexibility index (Phi) is 7.67. The summed E-state index contributed by atoms with van der Waals surface area (Å²) >= 11 is 6.10. The highest BCUT2D eigenvalue weighted by molar-refractivity contribution is 6.30. The summed E-state index contributed by atoms with van der Waals surface area (Å²) in [5.41, 5.74) is 3.68. The monoisotopic (exact) mass is 493 g/mol. The van der Waals surface area contributed by atoms with Gasteiger partial charge >= 0.3 is 6.03 Å². The molecule has 8 heteroatoms. The highest BCUT2D eigenvalue weighted by Crippen LogP contribution is 2.29. The first-order chi connectivity index (χ1) is 17.0. The normalized spacial score (nSPS) is 10.7. The van der Waals surface area contributed by atoms with Crippen molar-refractivity contribution in [3.8, 4) is 17.2 Å². The number of rotatable bonds is 9. The third kappa shape index (κ3) is 5.81. The summed E-state index contributed by atoms with van der Waals surface area (Å²) in [6.07, 6.45) is 2.64. The Morgan fingerprint density at radius 2 is 1.80 bits per heavy atom. The summed E-state index contributed by atoms with van der Waals surface area (Å²) in [5.74, 6) is 2.04. The van der Waals surface area contributed by atoms with Crippen LogP contribution in [-0.4, -0.2) is 43.8 Å². The molecular formula is C27H28ClN3O4. The van der Waals surface area contributed by atoms with Crippen LogP contribution in [0.5, 0.6) is 17.2 Å². The lowest BCUT2D eigenvalue weighted by Gasteiger charge is -2.24. The minimum absolute atomic E-state index is 0.223. The fourth-order valence-electron chi connectivity index (χ4n) is 3.97. The Balaban J connectivity index is 1.57. The van der Waals surface area contributed by atoms with Gasteiger partial charge in [0.15, 0.2) is 11.5 Å². The van der Waals surface area contributed by atoms with Gasteiger partial charge in [-0.3, -0.25) is 0 Å². The van der Waals surface area contributed by atoms with Gasteiger partial charge in [-0.05, 0) is 66.1 Å². The summed E-state index contributed by atoms with van der Waals surface area (Å²) in [5, 5.41) is 4.59. The first-order valence-corrected chi connectivity index (χ1v) is 11.5. The molecule has 182 valence electrons. The minimum atomic E-state index is -0.223. The molecule has 0 aliphatic carbocycles. The van der Waals surface area contributed by atoms with E-state index in [-0.39, 0.29) is 6.03 Å². The van der Waals surface area contributed by atoms with Crippen molar-refractivity contribution in [2.45, 2.75) is 13.0 Å². The number of methoxy groups -OCH3 is 3. The van der Waals surface area contributed by atoms with Crippen LogP contribution in [0.15, 0.2) is 66.9 Å². The standard InChI is InChI=1S/C27H28ClN3O4/c1-33-22-8-9-24-23(15-22)19(16-29-24)11-12-31(27(32)30-21-6-4-5-20(28)14-21)17-18-7-10-25(34-2)26(13-18)35-3/h4-10,13-16,29H,11-12,17H2,1-3H3,(H,30,32). The van der Waals surface area contributed by atoms with Crippen molar-refractivity contribution >= 4 is 34.2 Å². The molecule has 2 amide bonds. The van der Waals surface area contributed by atoms with Crippen LogP contribution in [0.1, 0.15) is 11.1 Å². The van der Waals surface area contributed by atoms with E-state index in [0.29, 0.717) is 41.7 Å². The van der Waals surface area contributed by atoms with Gasteiger partial charge < -0.3 is 29.4 Å². The average Bonchev–Trinajstić information content (AvgIpc) is 3.28. The van der Waals surface area contributed by atoms with E-state index in [1.165, 1.54) is 0 Å². The van der Waals surface area contributed by atoms with Crippen molar-refractivity contribution < 1.29 is 19.0 Å². The van der Waals surface area contributed by atoms with E-state index in [0.717, 1.165) is 27.8 Å². The molecule has 0 aliphatic heterocycles. The number of nitrogens with one attached hydrogen (secondary N) is 2. The fourth-order valence-corrected chi connectivity index (χ4v) is 4.16. The minimum Gasteiger partial charge on any atom is -0.497 e. The lowest BCUT2D eigenvalue weighted by atomic mass is 10.1. The number of hydrogen-bond acceptors (Lipinski definition) is 4. The number of ether oxygens (including phenoxy) is 3. The van der Waals surface area contributed by atoms with E-state index in [9.17, 15) is 4.79 Å². The number of carbonyl (C=O) groups is 1. The number of amides is 2. The molecule has 0 aliphatic rings. The van der Waals surface area contributed by atoms with Crippen molar-refractivity contribution in [2.75, 3.05) is 33.2 Å². The van der Waals surface area contributed by atoms with Crippen molar-refractivity contribution in [2.24, 2.45) is 0 Å². The molecule has 0 fully saturated rings. The zero-order chi connectivity index (χ0) is 24.8. The maximum atomic E-state index is 13.3. The van der Waals surface area contributed by atoms with Gasteiger partial charge in [-0.2, -0.15) is 0 Å². The first-order valence-electron chi connectivity index (χ1n) is 11.2. The number of urea groups is 1. The summed E-state index contributed by atoms with van der Waals surface area (Å²) in [6, 6.07) is 18.4. The Morgan fingerprint density at radius 3 is 2.54 bits per heavy atom. The number of fused-ring (bicyclic) bond motifs is 1. The van der Waals surface area contributed by atoms with Crippen LogP contribution in [0, 0.1) is 0 Å². The van der Waals surface area contributed by atoms with Crippen LogP contribution in [0.2, 0.25) is 5.02 Å². The van der Waals surface area contributed by atoms with Gasteiger partial charge in [0.1, 0.15) is 5.75 Å². The average molecular weight is 494 g/mol. The number of H-pyrrole nitrogens is 1. The van der Waals surface area contributed by atoms with E-state index in [4.69, 9.17) is 25.8 Å². The zero-order valence-corrected chi connectivity index (χ0v) is 20.7. The fraction of sp³-hybridized carbons (Fsp3) is 0.222. The summed E-state index contributed by atoms with van der Waals surface area (Å²) in [6.45, 7) is 0.878. The van der Waals surface area contributed by atoms with Crippen LogP contribution in [0.4, 0.5) is 10.5 Å². The Labute approximate surface area is 209 Å². The van der Waals surface area contributed by atoms with Crippen LogP contribution in [-0.2, 0) is 13.0 Å². The molecule has 0 spiro atoms. The van der Waals surface area contributed by atoms with Crippen LogP contribution in [0.3, 0.4) is 0 Å². The van der Waals surface area contributed by atoms with Crippen LogP contribution < -0.4 is 19.5 Å². The highest BCUT2D eigenvalue weighted by Gasteiger charge is 2.17. The predicted molar refractivity (Wildman–Crippen MR) is 139 cm³/mol. The largest absolute Gasteiger partial charge is 0.497 e. The molecule has 0 unspecified atom stereocenters. The van der Waals surface area contributed by atoms with Crippen molar-refractivity contribution in [1.82, 2.24) is 9.88 Å². The molecule has 0 bridgehead atoms. The maximum Gasteiger partial charge on any atom is 0.322 e. The third-order valence-electron chi connectivity index (χ3n) is 5.81. The molecule has 2 N–H and O–H groups in total. The molecule has 4 rings (SSSR count). The molecular weight excluding hydrogens is 466 g/mol. The van der Waals surface area contributed by atoms with Crippen molar-refractivity contribution in [3.63, 3.8) is 0 Å². The number of carbonyl (C=O) groups excluding carboxylic acids is 1. The molecule has 1 aromatic heterocycles. The number of nitrogens with zero attached hydrogens (tertiary/aromatic N) is 1. The number of anilines is 1. The number of benzene rings is 3. The zero-order valence-electron chi connectivity index (χ0n) is 19.9. The number of aromatic amines is 1. The maximum absolute atomic E-state index is 13.3. The number of aromatic nitrogens is 1. The molecule has 0 saturated heterocycles. The van der Waals surface area contributed by atoms with Crippen LogP contribution in [0.25, 0.3) is 10.9 Å². The van der Waals surface area contributed by atoms with Crippen molar-refractivity contribution in [1.29, 1.82) is 0 Å². The lowest BCUT2D eigenvalue weighted by molar-refractivity contribution is 0.209. The second-order valence-corrected chi connectivity index (χ2v) is 8.46. The SMILES string of the molecule is COc1ccc2[nH]cc(CCN(Cc3ccc(OC)c(OC)c3)C(=O)Nc3cccc(Cl)c3)c2c1. The molecule has 3 aromatic carbocycles. The Hall–Kier alpha value is -3.84. The van der Waals surface area contributed by atoms with Gasteiger partial charge in [0, 0.05) is 40.9 Å². The van der Waals surface area contributed by atoms with Crippen LogP contribution >= 0.6 is 11.6 Å². The first kappa shape index (κ1) is 24.3. The van der Waals surface area contributed by atoms with Gasteiger partial charge in [0.2, 0.25) is 0 Å². The molecule has 35 heavy (non-hydrogen) atoms. The quantitative estimate of drug-likeness (QED) is 0.294. The molecule has 1 heterocycles. The van der Waals surface area contributed by atoms with Gasteiger partial charge in [-0.1, -0.05) is 23.7 Å². The van der Waals surface area contributed by atoms with Gasteiger partial charge in [-0.15, -0.1) is 0 Å². The van der Waals surface area contributed by atoms with Gasteiger partial charge in [0.05, 0.1) is 21.3 Å². The topological polar surface area (TPSA) is 75.8 Å². The smallest absolute Gasteiger partial charge is 0.322 e. The predicted octanol–water partition coefficient (Wildman–Crippen LogP) is 6.12. The highest BCUT2D eigenvalue weighted by atomic mass is 35.5. The van der Waals surface area contributed by atoms with E-state index in [1.54, 1.807) is 44.4 Å². The lowest BCUT2D eigenvalue weighted by Crippen LogP contribution is -2.36. The number of hydrogen-bond donors (Lipinski definition) is 2. The Morgan fingerprint density at radius 1 is 0.971 bits per heavy atom. The Bertz CT molecular complexity index is 1320. The molecule has 0 atom stereocenters. The third-order valence-corrected chi connectivity index (χ3v) is 6.05. The van der Waals surface area contributed by atoms with Gasteiger partial charge in [0.25, 0.3) is 0 Å². The van der Waals surface area contributed by atoms with Crippen molar-refractivity contribution in [3.05, 3.63) is 83.0 Å². The van der Waals surface area contributed by atoms with E-state index in [1.807, 2.05) is 48.7 Å². The van der Waals surface area contributed by atoms with E-state index < -0.39 is 0 Å². The summed E-state index contributed by atoms with van der Waals surface area (Å²) in [4.78, 5) is 18.4. The van der Waals surface area contributed by atoms with E-state index >= 15 is 0 Å². The summed E-state index contributed by atoms with van der Waals surface area (Å²) < 4.78 is 16.2. The van der Waals surface area contributed by atoms with E-state index in [2.05, 4.69) is 10.3 Å². The molecule has 0 radical (unpaired) electrons. The molecule has 4 aromatic rings. The molecule has 0 saturated carbocycles. The summed E-state index contributed by atoms with van der Waals surface area (Å²) in [7, 11) is 4.84.